The van der Waals surface area contributed by atoms with E-state index in [0.717, 1.165) is 24.4 Å². The first kappa shape index (κ1) is 15.7. The normalized spacial score (nSPS) is 17.9. The second-order valence-electron chi connectivity index (χ2n) is 8.28. The van der Waals surface area contributed by atoms with E-state index in [1.807, 2.05) is 11.8 Å². The van der Waals surface area contributed by atoms with E-state index in [2.05, 4.69) is 65.8 Å². The molecular weight excluding hydrogens is 288 g/mol. The number of benzene rings is 1. The minimum atomic E-state index is 0.115. The van der Waals surface area contributed by atoms with Crippen molar-refractivity contribution in [3.63, 3.8) is 0 Å². The van der Waals surface area contributed by atoms with Crippen LogP contribution in [0.1, 0.15) is 65.5 Å². The molecule has 1 nitrogen and oxygen atoms in total. The number of hydrogen-bond acceptors (Lipinski definition) is 2. The zero-order chi connectivity index (χ0) is 16.1. The number of hydrogen-bond donors (Lipinski definition) is 0. The molecule has 0 spiro atoms. The highest BCUT2D eigenvalue weighted by Gasteiger charge is 2.30. The lowest BCUT2D eigenvalue weighted by Gasteiger charge is -2.32. The molecule has 3 rings (SSSR count). The van der Waals surface area contributed by atoms with Gasteiger partial charge < -0.3 is 4.74 Å². The molecule has 0 aromatic heterocycles. The fourth-order valence-electron chi connectivity index (χ4n) is 2.83. The van der Waals surface area contributed by atoms with Crippen molar-refractivity contribution in [1.29, 1.82) is 0 Å². The van der Waals surface area contributed by atoms with Crippen LogP contribution >= 0.6 is 11.8 Å². The molecule has 0 N–H and O–H groups in total. The van der Waals surface area contributed by atoms with E-state index >= 15 is 0 Å². The van der Waals surface area contributed by atoms with E-state index < -0.39 is 0 Å². The molecule has 0 radical (unpaired) electrons. The molecule has 0 amide bonds. The fourth-order valence-corrected chi connectivity index (χ4v) is 4.18. The monoisotopic (exact) mass is 314 g/mol. The summed E-state index contributed by atoms with van der Waals surface area (Å²) in [6, 6.07) is 4.63. The van der Waals surface area contributed by atoms with E-state index in [1.54, 1.807) is 0 Å². The Morgan fingerprint density at radius 2 is 1.73 bits per heavy atom. The van der Waals surface area contributed by atoms with Gasteiger partial charge in [0, 0.05) is 4.91 Å². The predicted molar refractivity (Wildman–Crippen MR) is 95.7 cm³/mol. The van der Waals surface area contributed by atoms with E-state index in [-0.39, 0.29) is 10.8 Å². The second-order valence-corrected chi connectivity index (χ2v) is 9.39. The number of fused-ring (bicyclic) bond motifs is 1. The number of ether oxygens (including phenoxy) is 1. The summed E-state index contributed by atoms with van der Waals surface area (Å²) in [5, 5.41) is 0. The molecule has 1 aromatic rings. The molecule has 0 unspecified atom stereocenters. The Hall–Kier alpha value is -1.15. The van der Waals surface area contributed by atoms with E-state index in [9.17, 15) is 0 Å². The van der Waals surface area contributed by atoms with Gasteiger partial charge in [0.1, 0.15) is 11.5 Å². The van der Waals surface area contributed by atoms with Crippen molar-refractivity contribution in [1.82, 2.24) is 0 Å². The topological polar surface area (TPSA) is 9.23 Å². The van der Waals surface area contributed by atoms with Gasteiger partial charge in [-0.15, -0.1) is 0 Å². The van der Waals surface area contributed by atoms with Crippen molar-refractivity contribution in [3.05, 3.63) is 46.1 Å². The molecule has 2 aliphatic rings. The average Bonchev–Trinajstić information content (AvgIpc) is 2.41. The van der Waals surface area contributed by atoms with Crippen LogP contribution in [0.4, 0.5) is 0 Å². The third kappa shape index (κ3) is 2.86. The van der Waals surface area contributed by atoms with Gasteiger partial charge in [0.25, 0.3) is 0 Å². The van der Waals surface area contributed by atoms with Gasteiger partial charge in [-0.25, -0.2) is 0 Å². The van der Waals surface area contributed by atoms with Gasteiger partial charge in [-0.3, -0.25) is 0 Å². The maximum absolute atomic E-state index is 6.28. The summed E-state index contributed by atoms with van der Waals surface area (Å²) in [5.41, 5.74) is 2.99. The first-order valence-electron chi connectivity index (χ1n) is 8.11. The molecule has 1 heterocycles. The summed E-state index contributed by atoms with van der Waals surface area (Å²) in [4.78, 5) is 2.69. The first-order valence-corrected chi connectivity index (χ1v) is 8.92. The third-order valence-electron chi connectivity index (χ3n) is 4.26. The SMILES string of the molecule is CC(C)(C)c1cc2c(c(C(C)(C)C)c1)SC1=C(C=CCC1)O2. The van der Waals surface area contributed by atoms with Gasteiger partial charge >= 0.3 is 0 Å². The van der Waals surface area contributed by atoms with Gasteiger partial charge in [0.2, 0.25) is 0 Å². The Labute approximate surface area is 138 Å². The summed E-state index contributed by atoms with van der Waals surface area (Å²) < 4.78 is 6.28. The van der Waals surface area contributed by atoms with Crippen LogP contribution in [-0.4, -0.2) is 0 Å². The van der Waals surface area contributed by atoms with Crippen molar-refractivity contribution in [2.45, 2.75) is 70.1 Å². The standard InChI is InChI=1S/C20H26OS/c1-19(2,3)13-11-14(20(4,5)6)18-16(12-13)21-15-9-7-8-10-17(15)22-18/h7,9,11-12H,8,10H2,1-6H3. The van der Waals surface area contributed by atoms with Crippen LogP contribution in [0.15, 0.2) is 39.8 Å². The summed E-state index contributed by atoms with van der Waals surface area (Å²) in [5.74, 6) is 2.09. The van der Waals surface area contributed by atoms with Crippen LogP contribution in [0.5, 0.6) is 5.75 Å². The molecule has 0 saturated carbocycles. The highest BCUT2D eigenvalue weighted by Crippen LogP contribution is 2.50. The number of allylic oxidation sites excluding steroid dienone is 3. The maximum Gasteiger partial charge on any atom is 0.141 e. The van der Waals surface area contributed by atoms with Gasteiger partial charge in [-0.2, -0.15) is 0 Å². The summed E-state index contributed by atoms with van der Waals surface area (Å²) >= 11 is 1.92. The second kappa shape index (κ2) is 5.19. The third-order valence-corrected chi connectivity index (χ3v) is 5.53. The molecule has 1 aliphatic heterocycles. The van der Waals surface area contributed by atoms with E-state index in [1.165, 1.54) is 20.9 Å². The lowest BCUT2D eigenvalue weighted by atomic mass is 9.80. The molecule has 22 heavy (non-hydrogen) atoms. The highest BCUT2D eigenvalue weighted by molar-refractivity contribution is 8.03. The molecule has 0 atom stereocenters. The first-order chi connectivity index (χ1) is 10.2. The Morgan fingerprint density at radius 1 is 1.00 bits per heavy atom. The maximum atomic E-state index is 6.28. The van der Waals surface area contributed by atoms with Crippen molar-refractivity contribution in [3.8, 4) is 5.75 Å². The molecular formula is C20H26OS. The molecule has 118 valence electrons. The van der Waals surface area contributed by atoms with Crippen LogP contribution in [-0.2, 0) is 10.8 Å². The summed E-state index contributed by atoms with van der Waals surface area (Å²) in [6.45, 7) is 13.7. The minimum Gasteiger partial charge on any atom is -0.455 e. The summed E-state index contributed by atoms with van der Waals surface area (Å²) in [6.07, 6.45) is 6.56. The highest BCUT2D eigenvalue weighted by atomic mass is 32.2. The Kier molecular flexibility index (Phi) is 3.71. The molecule has 0 fully saturated rings. The largest absolute Gasteiger partial charge is 0.455 e. The van der Waals surface area contributed by atoms with E-state index in [0.29, 0.717) is 0 Å². The Morgan fingerprint density at radius 3 is 2.36 bits per heavy atom. The van der Waals surface area contributed by atoms with Crippen molar-refractivity contribution in [2.75, 3.05) is 0 Å². The van der Waals surface area contributed by atoms with Crippen molar-refractivity contribution in [2.24, 2.45) is 0 Å². The van der Waals surface area contributed by atoms with Crippen LogP contribution < -0.4 is 4.74 Å². The Balaban J connectivity index is 2.16. The van der Waals surface area contributed by atoms with Gasteiger partial charge in [-0.05, 0) is 46.9 Å². The quantitative estimate of drug-likeness (QED) is 0.553. The van der Waals surface area contributed by atoms with Gasteiger partial charge in [-0.1, -0.05) is 65.4 Å². The number of thioether (sulfide) groups is 1. The van der Waals surface area contributed by atoms with Crippen molar-refractivity contribution >= 4 is 11.8 Å². The zero-order valence-electron chi connectivity index (χ0n) is 14.5. The Bertz CT molecular complexity index is 666. The van der Waals surface area contributed by atoms with Crippen LogP contribution in [0, 0.1) is 0 Å². The number of rotatable bonds is 0. The molecule has 1 aromatic carbocycles. The van der Waals surface area contributed by atoms with Crippen LogP contribution in [0.3, 0.4) is 0 Å². The zero-order valence-corrected chi connectivity index (χ0v) is 15.4. The fraction of sp³-hybridized carbons (Fsp3) is 0.500. The molecule has 2 heteroatoms. The van der Waals surface area contributed by atoms with Crippen LogP contribution in [0.25, 0.3) is 0 Å². The lowest BCUT2D eigenvalue weighted by molar-refractivity contribution is 0.414. The van der Waals surface area contributed by atoms with Gasteiger partial charge in [0.05, 0.1) is 4.90 Å². The molecule has 0 bridgehead atoms. The van der Waals surface area contributed by atoms with Gasteiger partial charge in [0.15, 0.2) is 0 Å². The predicted octanol–water partition coefficient (Wildman–Crippen LogP) is 6.33. The summed E-state index contributed by atoms with van der Waals surface area (Å²) in [7, 11) is 0. The smallest absolute Gasteiger partial charge is 0.141 e. The van der Waals surface area contributed by atoms with E-state index in [4.69, 9.17) is 4.74 Å². The minimum absolute atomic E-state index is 0.115. The average molecular weight is 314 g/mol. The van der Waals surface area contributed by atoms with Crippen molar-refractivity contribution < 1.29 is 4.74 Å². The molecule has 1 aliphatic carbocycles. The lowest BCUT2D eigenvalue weighted by Crippen LogP contribution is -2.19. The van der Waals surface area contributed by atoms with Crippen LogP contribution in [0.2, 0.25) is 0 Å². The molecule has 0 saturated heterocycles.